The molecule has 2 aromatic rings. The van der Waals surface area contributed by atoms with Gasteiger partial charge in [-0.25, -0.2) is 0 Å². The number of H-pyrrole nitrogens is 1. The summed E-state index contributed by atoms with van der Waals surface area (Å²) < 4.78 is 0. The first-order chi connectivity index (χ1) is 12.7. The molecule has 26 heavy (non-hydrogen) atoms. The predicted molar refractivity (Wildman–Crippen MR) is 111 cm³/mol. The number of benzene rings is 1. The summed E-state index contributed by atoms with van der Waals surface area (Å²) in [5, 5.41) is 1.85. The number of nitrogens with one attached hydrogen (secondary N) is 1. The number of aromatic nitrogens is 1. The van der Waals surface area contributed by atoms with Crippen molar-refractivity contribution in [2.45, 2.75) is 49.3 Å². The Labute approximate surface area is 163 Å². The van der Waals surface area contributed by atoms with Gasteiger partial charge in [-0.2, -0.15) is 0 Å². The largest absolute Gasteiger partial charge is 0.372 e. The minimum Gasteiger partial charge on any atom is -0.372 e. The maximum absolute atomic E-state index is 12.1. The van der Waals surface area contributed by atoms with Crippen LogP contribution in [-0.2, 0) is 0 Å². The van der Waals surface area contributed by atoms with Crippen LogP contribution >= 0.6 is 23.1 Å². The number of fused-ring (bicyclic) bond motifs is 6. The van der Waals surface area contributed by atoms with E-state index in [-0.39, 0.29) is 4.87 Å². The molecule has 5 heteroatoms. The Morgan fingerprint density at radius 2 is 1.85 bits per heavy atom. The van der Waals surface area contributed by atoms with Crippen molar-refractivity contribution in [3.63, 3.8) is 0 Å². The lowest BCUT2D eigenvalue weighted by molar-refractivity contribution is 0.307. The van der Waals surface area contributed by atoms with Gasteiger partial charge in [-0.05, 0) is 68.6 Å². The summed E-state index contributed by atoms with van der Waals surface area (Å²) >= 11 is 3.42. The molecular weight excluding hydrogens is 360 g/mol. The monoisotopic (exact) mass is 386 g/mol. The van der Waals surface area contributed by atoms with Crippen molar-refractivity contribution in [1.82, 2.24) is 4.98 Å². The number of rotatable bonds is 4. The molecule has 5 rings (SSSR count). The minimum atomic E-state index is 0.111. The standard InChI is InChI=1S/C21H26N2OS2/c1-3-23(4-2)15-9-7-12(8-10-15)16-17-13-5-6-14(11-13)18(17)25-20-19(16)26-21(24)22-20/h7-10,13-14,16-18H,3-6,11H2,1-2H3,(H,22,24). The van der Waals surface area contributed by atoms with Gasteiger partial charge >= 0.3 is 4.87 Å². The van der Waals surface area contributed by atoms with Crippen LogP contribution in [0.4, 0.5) is 5.69 Å². The summed E-state index contributed by atoms with van der Waals surface area (Å²) in [5.41, 5.74) is 2.70. The van der Waals surface area contributed by atoms with Crippen LogP contribution in [0.15, 0.2) is 34.1 Å². The summed E-state index contributed by atoms with van der Waals surface area (Å²) in [6, 6.07) is 9.21. The van der Waals surface area contributed by atoms with E-state index in [1.54, 1.807) is 0 Å². The number of hydrogen-bond acceptors (Lipinski definition) is 4. The topological polar surface area (TPSA) is 36.1 Å². The van der Waals surface area contributed by atoms with Gasteiger partial charge in [0.25, 0.3) is 0 Å². The van der Waals surface area contributed by atoms with Gasteiger partial charge in [-0.1, -0.05) is 23.5 Å². The minimum absolute atomic E-state index is 0.111. The molecule has 0 spiro atoms. The molecule has 2 heterocycles. The molecule has 2 aliphatic carbocycles. The Hall–Kier alpha value is -1.20. The molecule has 1 N–H and O–H groups in total. The van der Waals surface area contributed by atoms with E-state index in [0.29, 0.717) is 17.1 Å². The average Bonchev–Trinajstić information content (AvgIpc) is 3.35. The van der Waals surface area contributed by atoms with Gasteiger partial charge < -0.3 is 9.88 Å². The highest BCUT2D eigenvalue weighted by molar-refractivity contribution is 8.00. The Morgan fingerprint density at radius 1 is 1.12 bits per heavy atom. The zero-order valence-corrected chi connectivity index (χ0v) is 17.0. The lowest BCUT2D eigenvalue weighted by atomic mass is 9.75. The van der Waals surface area contributed by atoms with Crippen LogP contribution in [0.25, 0.3) is 0 Å². The van der Waals surface area contributed by atoms with E-state index in [0.717, 1.165) is 30.0 Å². The molecule has 2 fully saturated rings. The van der Waals surface area contributed by atoms with Crippen LogP contribution in [0.3, 0.4) is 0 Å². The number of aromatic amines is 1. The normalized spacial score (nSPS) is 31.7. The van der Waals surface area contributed by atoms with Crippen LogP contribution in [0.5, 0.6) is 0 Å². The summed E-state index contributed by atoms with van der Waals surface area (Å²) in [4.78, 5) is 19.0. The van der Waals surface area contributed by atoms with E-state index in [9.17, 15) is 4.79 Å². The third kappa shape index (κ3) is 2.50. The van der Waals surface area contributed by atoms with Crippen molar-refractivity contribution < 1.29 is 0 Å². The van der Waals surface area contributed by atoms with Gasteiger partial charge in [0, 0.05) is 34.8 Å². The molecule has 3 nitrogen and oxygen atoms in total. The van der Waals surface area contributed by atoms with E-state index in [1.165, 1.54) is 46.7 Å². The average molecular weight is 387 g/mol. The molecule has 2 saturated carbocycles. The first-order valence-corrected chi connectivity index (χ1v) is 11.6. The van der Waals surface area contributed by atoms with Gasteiger partial charge in [0.1, 0.15) is 0 Å². The number of thioether (sulfide) groups is 1. The van der Waals surface area contributed by atoms with E-state index < -0.39 is 0 Å². The molecule has 0 amide bonds. The Kier molecular flexibility index (Phi) is 4.20. The smallest absolute Gasteiger partial charge is 0.305 e. The number of thiazole rings is 1. The third-order valence-electron chi connectivity index (χ3n) is 6.85. The fourth-order valence-corrected chi connectivity index (χ4v) is 8.60. The van der Waals surface area contributed by atoms with Crippen molar-refractivity contribution in [1.29, 1.82) is 0 Å². The first-order valence-electron chi connectivity index (χ1n) is 9.94. The summed E-state index contributed by atoms with van der Waals surface area (Å²) in [5.74, 6) is 2.80. The fraction of sp³-hybridized carbons (Fsp3) is 0.571. The van der Waals surface area contributed by atoms with Crippen molar-refractivity contribution in [2.24, 2.45) is 17.8 Å². The fourth-order valence-electron chi connectivity index (χ4n) is 5.70. The van der Waals surface area contributed by atoms with Crippen molar-refractivity contribution in [3.8, 4) is 0 Å². The van der Waals surface area contributed by atoms with E-state index in [2.05, 4.69) is 48.0 Å². The molecule has 0 saturated heterocycles. The zero-order valence-electron chi connectivity index (χ0n) is 15.4. The highest BCUT2D eigenvalue weighted by Gasteiger charge is 2.54. The van der Waals surface area contributed by atoms with Crippen molar-refractivity contribution in [2.75, 3.05) is 18.0 Å². The van der Waals surface area contributed by atoms with Gasteiger partial charge in [0.15, 0.2) is 0 Å². The lowest BCUT2D eigenvalue weighted by Crippen LogP contribution is -2.33. The maximum atomic E-state index is 12.1. The second-order valence-corrected chi connectivity index (χ2v) is 10.1. The zero-order chi connectivity index (χ0) is 17.8. The number of nitrogens with zero attached hydrogens (tertiary/aromatic N) is 1. The Morgan fingerprint density at radius 3 is 2.58 bits per heavy atom. The lowest BCUT2D eigenvalue weighted by Gasteiger charge is -2.40. The third-order valence-corrected chi connectivity index (χ3v) is 9.47. The van der Waals surface area contributed by atoms with Gasteiger partial charge in [-0.15, -0.1) is 11.8 Å². The van der Waals surface area contributed by atoms with E-state index in [1.807, 2.05) is 11.8 Å². The van der Waals surface area contributed by atoms with Crippen LogP contribution in [-0.4, -0.2) is 23.3 Å². The molecule has 1 aromatic carbocycles. The molecule has 2 bridgehead atoms. The predicted octanol–water partition coefficient (Wildman–Crippen LogP) is 4.93. The molecule has 5 atom stereocenters. The van der Waals surface area contributed by atoms with Crippen LogP contribution < -0.4 is 9.77 Å². The van der Waals surface area contributed by atoms with Crippen molar-refractivity contribution >= 4 is 28.8 Å². The molecule has 3 aliphatic rings. The van der Waals surface area contributed by atoms with Gasteiger partial charge in [0.05, 0.1) is 5.03 Å². The molecule has 1 aromatic heterocycles. The second kappa shape index (κ2) is 6.45. The molecule has 5 unspecified atom stereocenters. The van der Waals surface area contributed by atoms with Gasteiger partial charge in [-0.3, -0.25) is 4.79 Å². The molecular formula is C21H26N2OS2. The quantitative estimate of drug-likeness (QED) is 0.809. The highest BCUT2D eigenvalue weighted by Crippen LogP contribution is 2.63. The van der Waals surface area contributed by atoms with Crippen LogP contribution in [0.2, 0.25) is 0 Å². The number of hydrogen-bond donors (Lipinski definition) is 1. The Balaban J connectivity index is 1.56. The maximum Gasteiger partial charge on any atom is 0.305 e. The first kappa shape index (κ1) is 16.9. The van der Waals surface area contributed by atoms with Crippen LogP contribution in [0, 0.1) is 17.8 Å². The molecule has 0 radical (unpaired) electrons. The molecule has 1 aliphatic heterocycles. The highest BCUT2D eigenvalue weighted by atomic mass is 32.2. The van der Waals surface area contributed by atoms with Crippen LogP contribution in [0.1, 0.15) is 49.5 Å². The second-order valence-electron chi connectivity index (χ2n) is 7.94. The summed E-state index contributed by atoms with van der Waals surface area (Å²) in [6.07, 6.45) is 4.17. The molecule has 138 valence electrons. The Bertz CT molecular complexity index is 852. The van der Waals surface area contributed by atoms with E-state index >= 15 is 0 Å². The van der Waals surface area contributed by atoms with Crippen molar-refractivity contribution in [3.05, 3.63) is 44.4 Å². The summed E-state index contributed by atoms with van der Waals surface area (Å²) in [7, 11) is 0. The van der Waals surface area contributed by atoms with E-state index in [4.69, 9.17) is 0 Å². The number of anilines is 1. The summed E-state index contributed by atoms with van der Waals surface area (Å²) in [6.45, 7) is 6.49. The SMILES string of the molecule is CCN(CC)c1ccc(C2c3sc(=O)[nH]c3SC3C4CCC(C4)C23)cc1. The van der Waals surface area contributed by atoms with Gasteiger partial charge in [0.2, 0.25) is 0 Å².